The Morgan fingerprint density at radius 3 is 2.12 bits per heavy atom. The van der Waals surface area contributed by atoms with Gasteiger partial charge in [0.15, 0.2) is 0 Å². The van der Waals surface area contributed by atoms with Crippen LogP contribution in [-0.2, 0) is 0 Å². The molecule has 0 spiro atoms. The third kappa shape index (κ3) is 3.06. The van der Waals surface area contributed by atoms with Gasteiger partial charge in [0.1, 0.15) is 5.75 Å². The van der Waals surface area contributed by atoms with Crippen molar-refractivity contribution >= 4 is 10.8 Å². The Hall–Kier alpha value is -1.50. The lowest BCUT2D eigenvalue weighted by Gasteiger charge is -2.36. The molecule has 0 heterocycles. The summed E-state index contributed by atoms with van der Waals surface area (Å²) in [5.74, 6) is 3.78. The molecule has 2 aromatic carbocycles. The maximum absolute atomic E-state index is 5.57. The van der Waals surface area contributed by atoms with Gasteiger partial charge in [-0.05, 0) is 60.5 Å². The predicted octanol–water partition coefficient (Wildman–Crippen LogP) is 6.70. The normalized spacial score (nSPS) is 25.7. The number of rotatable bonds is 3. The fraction of sp³-hybridized carbons (Fsp3) is 0.565. The monoisotopic (exact) mass is 322 g/mol. The van der Waals surface area contributed by atoms with E-state index in [4.69, 9.17) is 4.74 Å². The lowest BCUT2D eigenvalue weighted by molar-refractivity contribution is 0.186. The number of hydrogen-bond donors (Lipinski definition) is 0. The molecule has 2 saturated carbocycles. The van der Waals surface area contributed by atoms with Gasteiger partial charge in [-0.2, -0.15) is 0 Å². The molecule has 128 valence electrons. The highest BCUT2D eigenvalue weighted by Crippen LogP contribution is 2.44. The van der Waals surface area contributed by atoms with Crippen LogP contribution < -0.4 is 4.74 Å². The maximum Gasteiger partial charge on any atom is 0.126 e. The third-order valence-corrected chi connectivity index (χ3v) is 6.66. The number of benzene rings is 2. The molecule has 2 aliphatic carbocycles. The van der Waals surface area contributed by atoms with Gasteiger partial charge < -0.3 is 4.74 Å². The zero-order chi connectivity index (χ0) is 16.4. The summed E-state index contributed by atoms with van der Waals surface area (Å²) in [4.78, 5) is 0. The molecular weight excluding hydrogens is 292 g/mol. The van der Waals surface area contributed by atoms with Gasteiger partial charge in [0.2, 0.25) is 0 Å². The van der Waals surface area contributed by atoms with Crippen molar-refractivity contribution in [3.63, 3.8) is 0 Å². The van der Waals surface area contributed by atoms with Crippen LogP contribution in [-0.4, -0.2) is 7.11 Å². The molecule has 0 saturated heterocycles. The average molecular weight is 322 g/mol. The Balaban J connectivity index is 1.52. The Morgan fingerprint density at radius 2 is 1.38 bits per heavy atom. The standard InChI is InChI=1S/C23H30O/c1-24-23-12-6-10-21-20(9-5-11-22(21)23)19-15-13-18(14-16-19)17-7-3-2-4-8-17/h5-6,9-12,17-19H,2-4,7-8,13-16H2,1H3. The quantitative estimate of drug-likeness (QED) is 0.610. The van der Waals surface area contributed by atoms with Crippen molar-refractivity contribution < 1.29 is 4.74 Å². The molecule has 1 heteroatoms. The zero-order valence-electron chi connectivity index (χ0n) is 15.0. The summed E-state index contributed by atoms with van der Waals surface area (Å²) in [6.45, 7) is 0. The van der Waals surface area contributed by atoms with Crippen LogP contribution >= 0.6 is 0 Å². The highest BCUT2D eigenvalue weighted by Gasteiger charge is 2.29. The largest absolute Gasteiger partial charge is 0.496 e. The second-order valence-electron chi connectivity index (χ2n) is 7.91. The van der Waals surface area contributed by atoms with Crippen molar-refractivity contribution in [2.24, 2.45) is 11.8 Å². The van der Waals surface area contributed by atoms with E-state index in [0.717, 1.165) is 23.5 Å². The Labute approximate surface area is 146 Å². The Kier molecular flexibility index (Phi) is 4.78. The summed E-state index contributed by atoms with van der Waals surface area (Å²) in [6.07, 6.45) is 13.1. The summed E-state index contributed by atoms with van der Waals surface area (Å²) < 4.78 is 5.57. The second-order valence-corrected chi connectivity index (χ2v) is 7.91. The van der Waals surface area contributed by atoms with Gasteiger partial charge in [0.25, 0.3) is 0 Å². The van der Waals surface area contributed by atoms with Crippen molar-refractivity contribution in [1.82, 2.24) is 0 Å². The van der Waals surface area contributed by atoms with Gasteiger partial charge >= 0.3 is 0 Å². The SMILES string of the molecule is COc1cccc2c(C3CCC(C4CCCCC4)CC3)cccc12. The van der Waals surface area contributed by atoms with E-state index in [9.17, 15) is 0 Å². The van der Waals surface area contributed by atoms with Crippen LogP contribution in [0.1, 0.15) is 69.3 Å². The predicted molar refractivity (Wildman–Crippen MR) is 102 cm³/mol. The van der Waals surface area contributed by atoms with E-state index in [1.54, 1.807) is 12.7 Å². The van der Waals surface area contributed by atoms with Crippen LogP contribution in [0.4, 0.5) is 0 Å². The number of ether oxygens (including phenoxy) is 1. The third-order valence-electron chi connectivity index (χ3n) is 6.66. The molecule has 2 aliphatic rings. The highest BCUT2D eigenvalue weighted by molar-refractivity contribution is 5.91. The number of hydrogen-bond acceptors (Lipinski definition) is 1. The lowest BCUT2D eigenvalue weighted by Crippen LogP contribution is -2.23. The van der Waals surface area contributed by atoms with E-state index in [1.807, 2.05) is 0 Å². The van der Waals surface area contributed by atoms with Crippen LogP contribution in [0.2, 0.25) is 0 Å². The van der Waals surface area contributed by atoms with Gasteiger partial charge in [0, 0.05) is 5.39 Å². The molecule has 0 aromatic heterocycles. The second kappa shape index (κ2) is 7.17. The molecule has 0 radical (unpaired) electrons. The Bertz CT molecular complexity index is 675. The minimum absolute atomic E-state index is 0.737. The van der Waals surface area contributed by atoms with Crippen molar-refractivity contribution in [3.8, 4) is 5.75 Å². The topological polar surface area (TPSA) is 9.23 Å². The first-order chi connectivity index (χ1) is 11.9. The van der Waals surface area contributed by atoms with Crippen LogP contribution in [0, 0.1) is 11.8 Å². The molecule has 24 heavy (non-hydrogen) atoms. The number of methoxy groups -OCH3 is 1. The molecule has 2 fully saturated rings. The van der Waals surface area contributed by atoms with Crippen LogP contribution in [0.3, 0.4) is 0 Å². The Morgan fingerprint density at radius 1 is 0.708 bits per heavy atom. The van der Waals surface area contributed by atoms with Gasteiger partial charge in [-0.1, -0.05) is 62.4 Å². The summed E-state index contributed by atoms with van der Waals surface area (Å²) >= 11 is 0. The molecule has 0 N–H and O–H groups in total. The first-order valence-corrected chi connectivity index (χ1v) is 9.92. The summed E-state index contributed by atoms with van der Waals surface area (Å²) in [5.41, 5.74) is 1.55. The fourth-order valence-corrected chi connectivity index (χ4v) is 5.35. The first-order valence-electron chi connectivity index (χ1n) is 9.92. The van der Waals surface area contributed by atoms with E-state index in [2.05, 4.69) is 36.4 Å². The molecule has 0 aliphatic heterocycles. The van der Waals surface area contributed by atoms with Gasteiger partial charge in [-0.15, -0.1) is 0 Å². The van der Waals surface area contributed by atoms with E-state index in [1.165, 1.54) is 68.6 Å². The zero-order valence-corrected chi connectivity index (χ0v) is 15.0. The van der Waals surface area contributed by atoms with Gasteiger partial charge in [-0.25, -0.2) is 0 Å². The number of fused-ring (bicyclic) bond motifs is 1. The molecule has 2 aromatic rings. The molecule has 0 unspecified atom stereocenters. The molecule has 0 bridgehead atoms. The fourth-order valence-electron chi connectivity index (χ4n) is 5.35. The summed E-state index contributed by atoms with van der Waals surface area (Å²) in [6, 6.07) is 13.3. The van der Waals surface area contributed by atoms with E-state index >= 15 is 0 Å². The van der Waals surface area contributed by atoms with Crippen molar-refractivity contribution in [3.05, 3.63) is 42.0 Å². The lowest BCUT2D eigenvalue weighted by atomic mass is 9.69. The molecule has 0 atom stereocenters. The van der Waals surface area contributed by atoms with Crippen LogP contribution in [0.25, 0.3) is 10.8 Å². The highest BCUT2D eigenvalue weighted by atomic mass is 16.5. The summed E-state index contributed by atoms with van der Waals surface area (Å²) in [7, 11) is 1.77. The smallest absolute Gasteiger partial charge is 0.126 e. The minimum atomic E-state index is 0.737. The molecule has 1 nitrogen and oxygen atoms in total. The van der Waals surface area contributed by atoms with Crippen LogP contribution in [0.15, 0.2) is 36.4 Å². The minimum Gasteiger partial charge on any atom is -0.496 e. The van der Waals surface area contributed by atoms with Crippen LogP contribution in [0.5, 0.6) is 5.75 Å². The van der Waals surface area contributed by atoms with E-state index in [0.29, 0.717) is 0 Å². The molecule has 4 rings (SSSR count). The maximum atomic E-state index is 5.57. The van der Waals surface area contributed by atoms with Crippen molar-refractivity contribution in [2.45, 2.75) is 63.7 Å². The molecular formula is C23H30O. The van der Waals surface area contributed by atoms with Crippen molar-refractivity contribution in [2.75, 3.05) is 7.11 Å². The molecule has 0 amide bonds. The van der Waals surface area contributed by atoms with E-state index < -0.39 is 0 Å². The van der Waals surface area contributed by atoms with Gasteiger partial charge in [0.05, 0.1) is 7.11 Å². The first kappa shape index (κ1) is 16.0. The van der Waals surface area contributed by atoms with E-state index in [-0.39, 0.29) is 0 Å². The van der Waals surface area contributed by atoms with Gasteiger partial charge in [-0.3, -0.25) is 0 Å². The van der Waals surface area contributed by atoms with Crippen molar-refractivity contribution in [1.29, 1.82) is 0 Å². The summed E-state index contributed by atoms with van der Waals surface area (Å²) in [5, 5.41) is 2.67. The average Bonchev–Trinajstić information content (AvgIpc) is 2.68.